The fraction of sp³-hybridized carbons (Fsp3) is 0.190. The maximum Gasteiger partial charge on any atom is 0.407 e. The van der Waals surface area contributed by atoms with Crippen LogP contribution in [0.15, 0.2) is 71.0 Å². The highest BCUT2D eigenvalue weighted by atomic mass is 32.2. The molecule has 140 valence electrons. The third kappa shape index (κ3) is 5.56. The van der Waals surface area contributed by atoms with Gasteiger partial charge in [0.15, 0.2) is 17.6 Å². The fourth-order valence-corrected chi connectivity index (χ4v) is 3.23. The molecule has 6 heteroatoms. The summed E-state index contributed by atoms with van der Waals surface area (Å²) in [5.41, 5.74) is 1.31. The summed E-state index contributed by atoms with van der Waals surface area (Å²) in [5, 5.41) is 4.66. The van der Waals surface area contributed by atoms with Crippen LogP contribution in [0, 0.1) is 0 Å². The first-order valence-corrected chi connectivity index (χ1v) is 9.43. The average Bonchev–Trinajstić information content (AvgIpc) is 2.98. The van der Waals surface area contributed by atoms with Crippen LogP contribution in [0.3, 0.4) is 0 Å². The number of amides is 1. The second-order valence-electron chi connectivity index (χ2n) is 5.71. The number of hydrogen-bond donors (Lipinski definition) is 1. The Hall–Kier alpha value is -2.86. The van der Waals surface area contributed by atoms with E-state index in [2.05, 4.69) is 53.2 Å². The van der Waals surface area contributed by atoms with Crippen LogP contribution in [0.25, 0.3) is 6.08 Å². The van der Waals surface area contributed by atoms with Gasteiger partial charge in [-0.25, -0.2) is 4.79 Å². The van der Waals surface area contributed by atoms with Gasteiger partial charge in [-0.05, 0) is 29.2 Å². The van der Waals surface area contributed by atoms with Gasteiger partial charge in [0, 0.05) is 4.90 Å². The van der Waals surface area contributed by atoms with Crippen LogP contribution in [0.4, 0.5) is 4.79 Å². The predicted molar refractivity (Wildman–Crippen MR) is 107 cm³/mol. The molecule has 0 aliphatic carbocycles. The molecule has 0 radical (unpaired) electrons. The molecule has 1 fully saturated rings. The highest BCUT2D eigenvalue weighted by molar-refractivity contribution is 8.02. The second kappa shape index (κ2) is 9.73. The molecule has 0 spiro atoms. The quantitative estimate of drug-likeness (QED) is 0.842. The van der Waals surface area contributed by atoms with Crippen molar-refractivity contribution in [1.82, 2.24) is 5.32 Å². The summed E-state index contributed by atoms with van der Waals surface area (Å²) in [6, 6.07) is 15.7. The Kier molecular flexibility index (Phi) is 6.82. The Morgan fingerprint density at radius 1 is 1.11 bits per heavy atom. The highest BCUT2D eigenvalue weighted by Crippen LogP contribution is 2.27. The Labute approximate surface area is 163 Å². The molecule has 0 saturated carbocycles. The van der Waals surface area contributed by atoms with Gasteiger partial charge in [-0.1, -0.05) is 60.3 Å². The number of fused-ring (bicyclic) bond motifs is 1. The molecule has 1 atom stereocenters. The summed E-state index contributed by atoms with van der Waals surface area (Å²) < 4.78 is 15.6. The van der Waals surface area contributed by atoms with Crippen molar-refractivity contribution in [2.75, 3.05) is 20.3 Å². The summed E-state index contributed by atoms with van der Waals surface area (Å²) in [5.74, 6) is 1.31. The second-order valence-corrected chi connectivity index (χ2v) is 6.66. The zero-order valence-corrected chi connectivity index (χ0v) is 15.8. The number of carbonyl (C=O) groups is 1. The maximum absolute atomic E-state index is 10.8. The van der Waals surface area contributed by atoms with E-state index >= 15 is 0 Å². The SMILES string of the molecule is C1=CSc2ccccc2C=C1.COc1ccccc1OCC1CNC(=O)O1. The lowest BCUT2D eigenvalue weighted by molar-refractivity contribution is 0.103. The Morgan fingerprint density at radius 3 is 2.67 bits per heavy atom. The fourth-order valence-electron chi connectivity index (χ4n) is 2.49. The number of hydrogen-bond acceptors (Lipinski definition) is 5. The molecule has 1 N–H and O–H groups in total. The van der Waals surface area contributed by atoms with E-state index in [-0.39, 0.29) is 6.10 Å². The third-order valence-corrected chi connectivity index (χ3v) is 4.74. The minimum atomic E-state index is -0.395. The van der Waals surface area contributed by atoms with Crippen LogP contribution >= 0.6 is 11.8 Å². The van der Waals surface area contributed by atoms with Crippen LogP contribution in [-0.2, 0) is 4.74 Å². The van der Waals surface area contributed by atoms with Gasteiger partial charge in [-0.2, -0.15) is 0 Å². The number of cyclic esters (lactones) is 1. The van der Waals surface area contributed by atoms with Crippen LogP contribution in [-0.4, -0.2) is 32.5 Å². The number of ether oxygens (including phenoxy) is 3. The number of nitrogens with one attached hydrogen (secondary N) is 1. The van der Waals surface area contributed by atoms with Gasteiger partial charge in [-0.15, -0.1) is 0 Å². The number of para-hydroxylation sites is 2. The maximum atomic E-state index is 10.8. The van der Waals surface area contributed by atoms with Crippen molar-refractivity contribution < 1.29 is 19.0 Å². The Balaban J connectivity index is 0.000000166. The smallest absolute Gasteiger partial charge is 0.407 e. The molecule has 1 unspecified atom stereocenters. The van der Waals surface area contributed by atoms with Gasteiger partial charge in [0.2, 0.25) is 0 Å². The normalized spacial score (nSPS) is 16.9. The van der Waals surface area contributed by atoms with Crippen molar-refractivity contribution in [2.45, 2.75) is 11.0 Å². The molecule has 0 aromatic heterocycles. The number of methoxy groups -OCH3 is 1. The van der Waals surface area contributed by atoms with E-state index in [9.17, 15) is 4.79 Å². The Morgan fingerprint density at radius 2 is 1.89 bits per heavy atom. The van der Waals surface area contributed by atoms with Crippen molar-refractivity contribution in [3.63, 3.8) is 0 Å². The summed E-state index contributed by atoms with van der Waals surface area (Å²) in [7, 11) is 1.58. The lowest BCUT2D eigenvalue weighted by Gasteiger charge is -2.12. The van der Waals surface area contributed by atoms with E-state index < -0.39 is 6.09 Å². The summed E-state index contributed by atoms with van der Waals surface area (Å²) >= 11 is 1.77. The number of rotatable bonds is 4. The summed E-state index contributed by atoms with van der Waals surface area (Å²) in [6.45, 7) is 0.799. The Bertz CT molecular complexity index is 834. The van der Waals surface area contributed by atoms with Crippen molar-refractivity contribution in [2.24, 2.45) is 0 Å². The monoisotopic (exact) mass is 383 g/mol. The van der Waals surface area contributed by atoms with Crippen molar-refractivity contribution in [3.8, 4) is 11.5 Å². The number of benzene rings is 2. The van der Waals surface area contributed by atoms with Crippen LogP contribution in [0.2, 0.25) is 0 Å². The van der Waals surface area contributed by atoms with Crippen molar-refractivity contribution in [3.05, 3.63) is 71.7 Å². The van der Waals surface area contributed by atoms with Crippen LogP contribution in [0.5, 0.6) is 11.5 Å². The van der Waals surface area contributed by atoms with E-state index in [0.29, 0.717) is 24.7 Å². The first-order chi connectivity index (χ1) is 13.3. The zero-order valence-electron chi connectivity index (χ0n) is 15.0. The molecule has 2 aromatic rings. The molecule has 2 aliphatic rings. The molecule has 0 bridgehead atoms. The van der Waals surface area contributed by atoms with Crippen LogP contribution < -0.4 is 14.8 Å². The van der Waals surface area contributed by atoms with E-state index in [4.69, 9.17) is 14.2 Å². The van der Waals surface area contributed by atoms with Crippen molar-refractivity contribution >= 4 is 23.9 Å². The standard InChI is InChI=1S/C11H13NO4.C10H8S/c1-14-9-4-2-3-5-10(9)15-7-8-6-12-11(13)16-8;1-2-7-10-9(5-1)6-3-4-8-11-10/h2-5,8H,6-7H2,1H3,(H,12,13);1-8H. The molecule has 5 nitrogen and oxygen atoms in total. The molecule has 4 rings (SSSR count). The number of thioether (sulfide) groups is 1. The number of allylic oxidation sites excluding steroid dienone is 2. The van der Waals surface area contributed by atoms with Gasteiger partial charge < -0.3 is 19.5 Å². The largest absolute Gasteiger partial charge is 0.493 e. The predicted octanol–water partition coefficient (Wildman–Crippen LogP) is 4.50. The lowest BCUT2D eigenvalue weighted by Crippen LogP contribution is -2.22. The van der Waals surface area contributed by atoms with Gasteiger partial charge >= 0.3 is 6.09 Å². The van der Waals surface area contributed by atoms with Crippen molar-refractivity contribution in [1.29, 1.82) is 0 Å². The summed E-state index contributed by atoms with van der Waals surface area (Å²) in [6.07, 6.45) is 5.63. The van der Waals surface area contributed by atoms with E-state index in [1.165, 1.54) is 10.5 Å². The molecular formula is C21H21NO4S. The lowest BCUT2D eigenvalue weighted by atomic mass is 10.2. The average molecular weight is 383 g/mol. The van der Waals surface area contributed by atoms with Gasteiger partial charge in [-0.3, -0.25) is 0 Å². The van der Waals surface area contributed by atoms with Gasteiger partial charge in [0.25, 0.3) is 0 Å². The number of alkyl carbamates (subject to hydrolysis) is 1. The van der Waals surface area contributed by atoms with E-state index in [1.54, 1.807) is 18.9 Å². The van der Waals surface area contributed by atoms with Gasteiger partial charge in [0.1, 0.15) is 6.61 Å². The van der Waals surface area contributed by atoms with E-state index in [1.807, 2.05) is 24.3 Å². The highest BCUT2D eigenvalue weighted by Gasteiger charge is 2.23. The van der Waals surface area contributed by atoms with Gasteiger partial charge in [0.05, 0.1) is 13.7 Å². The summed E-state index contributed by atoms with van der Waals surface area (Å²) in [4.78, 5) is 12.1. The molecule has 2 aromatic carbocycles. The minimum Gasteiger partial charge on any atom is -0.493 e. The molecule has 1 amide bonds. The molecule has 27 heavy (non-hydrogen) atoms. The first-order valence-electron chi connectivity index (χ1n) is 8.55. The number of carbonyl (C=O) groups excluding carboxylic acids is 1. The molecule has 1 saturated heterocycles. The van der Waals surface area contributed by atoms with Crippen LogP contribution in [0.1, 0.15) is 5.56 Å². The molecule has 2 heterocycles. The van der Waals surface area contributed by atoms with E-state index in [0.717, 1.165) is 0 Å². The molecular weight excluding hydrogens is 362 g/mol. The zero-order chi connectivity index (χ0) is 18.9. The topological polar surface area (TPSA) is 56.8 Å². The minimum absolute atomic E-state index is 0.239. The third-order valence-electron chi connectivity index (χ3n) is 3.82. The molecule has 2 aliphatic heterocycles. The first kappa shape index (κ1) is 18.9.